The summed E-state index contributed by atoms with van der Waals surface area (Å²) in [5.41, 5.74) is 8.49. The van der Waals surface area contributed by atoms with Crippen molar-refractivity contribution in [2.24, 2.45) is 5.73 Å². The first-order chi connectivity index (χ1) is 7.29. The molecule has 0 amide bonds. The molecular weight excluding hydrogens is 252 g/mol. The second-order valence-electron chi connectivity index (χ2n) is 3.87. The molecule has 0 saturated heterocycles. The Labute approximate surface area is 98.7 Å². The zero-order valence-corrected chi connectivity index (χ0v) is 10.2. The molecular formula is C12H15BrN2. The van der Waals surface area contributed by atoms with Crippen LogP contribution in [0.15, 0.2) is 34.5 Å². The molecule has 15 heavy (non-hydrogen) atoms. The van der Waals surface area contributed by atoms with Crippen molar-refractivity contribution < 1.29 is 0 Å². The molecule has 1 aliphatic rings. The summed E-state index contributed by atoms with van der Waals surface area (Å²) < 4.78 is 1.00. The van der Waals surface area contributed by atoms with Gasteiger partial charge in [0.1, 0.15) is 0 Å². The van der Waals surface area contributed by atoms with Crippen molar-refractivity contribution in [1.29, 1.82) is 0 Å². The van der Waals surface area contributed by atoms with E-state index in [0.717, 1.165) is 23.0 Å². The highest BCUT2D eigenvalue weighted by Gasteiger charge is 2.17. The van der Waals surface area contributed by atoms with E-state index >= 15 is 0 Å². The summed E-state index contributed by atoms with van der Waals surface area (Å²) in [4.78, 5) is 4.34. The highest BCUT2D eigenvalue weighted by molar-refractivity contribution is 9.10. The first-order valence-corrected chi connectivity index (χ1v) is 6.13. The SMILES string of the molecule is NC(C1=CCCCC1)c1ncccc1Br. The van der Waals surface area contributed by atoms with Crippen LogP contribution < -0.4 is 5.73 Å². The molecule has 1 heterocycles. The van der Waals surface area contributed by atoms with Crippen LogP contribution in [0.2, 0.25) is 0 Å². The monoisotopic (exact) mass is 266 g/mol. The topological polar surface area (TPSA) is 38.9 Å². The Balaban J connectivity index is 2.23. The standard InChI is InChI=1S/C12H15BrN2/c13-10-7-4-8-15-12(10)11(14)9-5-2-1-3-6-9/h4-5,7-8,11H,1-3,6,14H2. The number of aromatic nitrogens is 1. The fourth-order valence-corrected chi connectivity index (χ4v) is 2.45. The smallest absolute Gasteiger partial charge is 0.0754 e. The number of rotatable bonds is 2. The fraction of sp³-hybridized carbons (Fsp3) is 0.417. The van der Waals surface area contributed by atoms with E-state index in [2.05, 4.69) is 27.0 Å². The Kier molecular flexibility index (Phi) is 3.54. The lowest BCUT2D eigenvalue weighted by molar-refractivity contribution is 0.640. The summed E-state index contributed by atoms with van der Waals surface area (Å²) in [7, 11) is 0. The van der Waals surface area contributed by atoms with Gasteiger partial charge in [-0.25, -0.2) is 0 Å². The number of hydrogen-bond donors (Lipinski definition) is 1. The number of nitrogens with two attached hydrogens (primary N) is 1. The summed E-state index contributed by atoms with van der Waals surface area (Å²) in [6, 6.07) is 3.86. The summed E-state index contributed by atoms with van der Waals surface area (Å²) in [6.07, 6.45) is 8.89. The van der Waals surface area contributed by atoms with Gasteiger partial charge in [-0.1, -0.05) is 11.6 Å². The van der Waals surface area contributed by atoms with Crippen LogP contribution in [-0.4, -0.2) is 4.98 Å². The van der Waals surface area contributed by atoms with Gasteiger partial charge in [0.05, 0.1) is 11.7 Å². The molecule has 2 rings (SSSR count). The highest BCUT2D eigenvalue weighted by Crippen LogP contribution is 2.30. The molecule has 2 nitrogen and oxygen atoms in total. The van der Waals surface area contributed by atoms with Gasteiger partial charge in [-0.15, -0.1) is 0 Å². The highest BCUT2D eigenvalue weighted by atomic mass is 79.9. The Hall–Kier alpha value is -0.670. The van der Waals surface area contributed by atoms with Crippen molar-refractivity contribution in [3.63, 3.8) is 0 Å². The average molecular weight is 267 g/mol. The maximum Gasteiger partial charge on any atom is 0.0754 e. The maximum atomic E-state index is 6.21. The van der Waals surface area contributed by atoms with E-state index in [1.807, 2.05) is 12.1 Å². The van der Waals surface area contributed by atoms with E-state index in [1.165, 1.54) is 18.4 Å². The fourth-order valence-electron chi connectivity index (χ4n) is 1.95. The molecule has 1 aliphatic carbocycles. The van der Waals surface area contributed by atoms with Gasteiger partial charge in [-0.3, -0.25) is 4.98 Å². The Morgan fingerprint density at radius 2 is 2.27 bits per heavy atom. The lowest BCUT2D eigenvalue weighted by Gasteiger charge is -2.19. The van der Waals surface area contributed by atoms with Gasteiger partial charge in [0.2, 0.25) is 0 Å². The van der Waals surface area contributed by atoms with Crippen LogP contribution in [0.25, 0.3) is 0 Å². The van der Waals surface area contributed by atoms with Crippen LogP contribution in [0.1, 0.15) is 37.4 Å². The molecule has 0 aromatic carbocycles. The predicted octanol–water partition coefficient (Wildman–Crippen LogP) is 3.34. The van der Waals surface area contributed by atoms with Crippen LogP contribution in [0, 0.1) is 0 Å². The van der Waals surface area contributed by atoms with Crippen LogP contribution in [0.5, 0.6) is 0 Å². The van der Waals surface area contributed by atoms with Gasteiger partial charge in [0, 0.05) is 10.7 Å². The third-order valence-corrected chi connectivity index (χ3v) is 3.48. The minimum absolute atomic E-state index is 0.0409. The number of pyridine rings is 1. The molecule has 0 spiro atoms. The van der Waals surface area contributed by atoms with Crippen LogP contribution in [-0.2, 0) is 0 Å². The van der Waals surface area contributed by atoms with E-state index in [0.29, 0.717) is 0 Å². The molecule has 1 aromatic heterocycles. The van der Waals surface area contributed by atoms with Gasteiger partial charge in [-0.05, 0) is 53.7 Å². The number of hydrogen-bond acceptors (Lipinski definition) is 2. The Morgan fingerprint density at radius 3 is 2.93 bits per heavy atom. The molecule has 80 valence electrons. The molecule has 2 N–H and O–H groups in total. The van der Waals surface area contributed by atoms with Gasteiger partial charge in [0.15, 0.2) is 0 Å². The third kappa shape index (κ3) is 2.47. The van der Waals surface area contributed by atoms with Crippen LogP contribution in [0.3, 0.4) is 0 Å². The molecule has 0 fully saturated rings. The summed E-state index contributed by atoms with van der Waals surface area (Å²) in [5.74, 6) is 0. The van der Waals surface area contributed by atoms with E-state index in [-0.39, 0.29) is 6.04 Å². The van der Waals surface area contributed by atoms with Crippen molar-refractivity contribution in [3.8, 4) is 0 Å². The van der Waals surface area contributed by atoms with Gasteiger partial charge < -0.3 is 5.73 Å². The van der Waals surface area contributed by atoms with E-state index in [1.54, 1.807) is 6.20 Å². The summed E-state index contributed by atoms with van der Waals surface area (Å²) >= 11 is 3.49. The number of nitrogens with zero attached hydrogens (tertiary/aromatic N) is 1. The Bertz CT molecular complexity index is 374. The average Bonchev–Trinajstić information content (AvgIpc) is 2.30. The largest absolute Gasteiger partial charge is 0.319 e. The lowest BCUT2D eigenvalue weighted by Crippen LogP contribution is -2.16. The lowest BCUT2D eigenvalue weighted by atomic mass is 9.92. The second kappa shape index (κ2) is 4.90. The molecule has 0 bridgehead atoms. The molecule has 1 aromatic rings. The molecule has 0 aliphatic heterocycles. The molecule has 1 unspecified atom stereocenters. The summed E-state index contributed by atoms with van der Waals surface area (Å²) in [6.45, 7) is 0. The van der Waals surface area contributed by atoms with Gasteiger partial charge in [-0.2, -0.15) is 0 Å². The van der Waals surface area contributed by atoms with Crippen molar-refractivity contribution in [2.45, 2.75) is 31.7 Å². The molecule has 0 saturated carbocycles. The maximum absolute atomic E-state index is 6.21. The van der Waals surface area contributed by atoms with Crippen LogP contribution in [0.4, 0.5) is 0 Å². The van der Waals surface area contributed by atoms with Crippen molar-refractivity contribution in [3.05, 3.63) is 40.1 Å². The number of halogens is 1. The van der Waals surface area contributed by atoms with Gasteiger partial charge in [0.25, 0.3) is 0 Å². The molecule has 1 atom stereocenters. The van der Waals surface area contributed by atoms with E-state index in [4.69, 9.17) is 5.73 Å². The van der Waals surface area contributed by atoms with Crippen molar-refractivity contribution in [2.75, 3.05) is 0 Å². The van der Waals surface area contributed by atoms with Crippen LogP contribution >= 0.6 is 15.9 Å². The normalized spacial score (nSPS) is 18.4. The Morgan fingerprint density at radius 1 is 1.40 bits per heavy atom. The zero-order valence-electron chi connectivity index (χ0n) is 8.62. The zero-order chi connectivity index (χ0) is 10.7. The first-order valence-electron chi connectivity index (χ1n) is 5.34. The predicted molar refractivity (Wildman–Crippen MR) is 65.4 cm³/mol. The third-order valence-electron chi connectivity index (χ3n) is 2.81. The van der Waals surface area contributed by atoms with Crippen molar-refractivity contribution in [1.82, 2.24) is 4.98 Å². The second-order valence-corrected chi connectivity index (χ2v) is 4.73. The molecule has 0 radical (unpaired) electrons. The van der Waals surface area contributed by atoms with E-state index in [9.17, 15) is 0 Å². The van der Waals surface area contributed by atoms with Crippen molar-refractivity contribution >= 4 is 15.9 Å². The minimum atomic E-state index is -0.0409. The molecule has 3 heteroatoms. The minimum Gasteiger partial charge on any atom is -0.319 e. The summed E-state index contributed by atoms with van der Waals surface area (Å²) in [5, 5.41) is 0. The van der Waals surface area contributed by atoms with E-state index < -0.39 is 0 Å². The van der Waals surface area contributed by atoms with Gasteiger partial charge >= 0.3 is 0 Å². The number of allylic oxidation sites excluding steroid dienone is 1. The quantitative estimate of drug-likeness (QED) is 0.834. The first kappa shape index (κ1) is 10.8.